The molecule has 90 valence electrons. The summed E-state index contributed by atoms with van der Waals surface area (Å²) in [5, 5.41) is 28.0. The summed E-state index contributed by atoms with van der Waals surface area (Å²) in [5.74, 6) is -0.146. The lowest BCUT2D eigenvalue weighted by Crippen LogP contribution is -2.18. The maximum atomic E-state index is 13.3. The molecule has 1 aromatic carbocycles. The fraction of sp³-hybridized carbons (Fsp3) is 0.455. The number of aliphatic hydroxyl groups excluding tert-OH is 3. The van der Waals surface area contributed by atoms with E-state index < -0.39 is 18.0 Å². The van der Waals surface area contributed by atoms with Crippen molar-refractivity contribution in [1.29, 1.82) is 0 Å². The van der Waals surface area contributed by atoms with Crippen LogP contribution in [-0.4, -0.2) is 27.2 Å². The molecule has 5 heteroatoms. The molecule has 2 unspecified atom stereocenters. The van der Waals surface area contributed by atoms with Crippen LogP contribution in [0.4, 0.5) is 4.39 Å². The fourth-order valence-corrected chi connectivity index (χ4v) is 1.65. The van der Waals surface area contributed by atoms with E-state index in [1.165, 1.54) is 12.1 Å². The Hall–Kier alpha value is -0.620. The Bertz CT molecular complexity index is 346. The summed E-state index contributed by atoms with van der Waals surface area (Å²) in [4.78, 5) is 0. The number of thiol groups is 1. The molecule has 16 heavy (non-hydrogen) atoms. The topological polar surface area (TPSA) is 60.7 Å². The van der Waals surface area contributed by atoms with E-state index in [0.717, 1.165) is 6.07 Å². The Balaban J connectivity index is 2.84. The largest absolute Gasteiger partial charge is 0.392 e. The van der Waals surface area contributed by atoms with Crippen molar-refractivity contribution >= 4 is 12.6 Å². The van der Waals surface area contributed by atoms with Gasteiger partial charge < -0.3 is 15.3 Å². The second-order valence-corrected chi connectivity index (χ2v) is 3.98. The summed E-state index contributed by atoms with van der Waals surface area (Å²) in [7, 11) is 0. The highest BCUT2D eigenvalue weighted by molar-refractivity contribution is 7.80. The van der Waals surface area contributed by atoms with Crippen LogP contribution in [0.1, 0.15) is 23.7 Å². The van der Waals surface area contributed by atoms with Gasteiger partial charge in [0.25, 0.3) is 0 Å². The van der Waals surface area contributed by atoms with Crippen molar-refractivity contribution in [3.8, 4) is 0 Å². The van der Waals surface area contributed by atoms with Gasteiger partial charge in [0, 0.05) is 5.56 Å². The first-order valence-electron chi connectivity index (χ1n) is 4.96. The van der Waals surface area contributed by atoms with Gasteiger partial charge in [-0.15, -0.1) is 0 Å². The van der Waals surface area contributed by atoms with Crippen molar-refractivity contribution in [2.75, 3.05) is 5.75 Å². The SMILES string of the molecule is OCc1ccc(C(O)C(O)CCS)cc1F. The fourth-order valence-electron chi connectivity index (χ4n) is 1.39. The molecule has 0 fully saturated rings. The van der Waals surface area contributed by atoms with Crippen LogP contribution in [0.25, 0.3) is 0 Å². The predicted molar refractivity (Wildman–Crippen MR) is 61.8 cm³/mol. The summed E-state index contributed by atoms with van der Waals surface area (Å²) >= 11 is 3.94. The Morgan fingerprint density at radius 2 is 2.00 bits per heavy atom. The zero-order valence-electron chi connectivity index (χ0n) is 8.67. The van der Waals surface area contributed by atoms with Gasteiger partial charge in [0.1, 0.15) is 11.9 Å². The van der Waals surface area contributed by atoms with Crippen LogP contribution in [0, 0.1) is 5.82 Å². The van der Waals surface area contributed by atoms with Crippen LogP contribution in [0.15, 0.2) is 18.2 Å². The predicted octanol–water partition coefficient (Wildman–Crippen LogP) is 1.03. The molecule has 0 aliphatic rings. The highest BCUT2D eigenvalue weighted by Gasteiger charge is 2.18. The second kappa shape index (κ2) is 6.20. The van der Waals surface area contributed by atoms with Gasteiger partial charge in [-0.2, -0.15) is 12.6 Å². The van der Waals surface area contributed by atoms with Gasteiger partial charge in [-0.05, 0) is 23.8 Å². The van der Waals surface area contributed by atoms with Gasteiger partial charge in [-0.3, -0.25) is 0 Å². The third-order valence-corrected chi connectivity index (χ3v) is 2.64. The smallest absolute Gasteiger partial charge is 0.129 e. The number of benzene rings is 1. The highest BCUT2D eigenvalue weighted by atomic mass is 32.1. The lowest BCUT2D eigenvalue weighted by Gasteiger charge is -2.17. The van der Waals surface area contributed by atoms with Crippen LogP contribution in [-0.2, 0) is 6.61 Å². The molecule has 0 aliphatic carbocycles. The Morgan fingerprint density at radius 3 is 2.50 bits per heavy atom. The summed E-state index contributed by atoms with van der Waals surface area (Å²) in [6.45, 7) is -0.387. The molecule has 0 spiro atoms. The van der Waals surface area contributed by atoms with E-state index in [2.05, 4.69) is 12.6 Å². The minimum absolute atomic E-state index is 0.166. The van der Waals surface area contributed by atoms with Gasteiger partial charge in [0.15, 0.2) is 0 Å². The average molecular weight is 246 g/mol. The van der Waals surface area contributed by atoms with Gasteiger partial charge in [-0.1, -0.05) is 12.1 Å². The molecule has 0 bridgehead atoms. The zero-order valence-corrected chi connectivity index (χ0v) is 9.57. The zero-order chi connectivity index (χ0) is 12.1. The van der Waals surface area contributed by atoms with Crippen molar-refractivity contribution in [1.82, 2.24) is 0 Å². The van der Waals surface area contributed by atoms with E-state index in [1.807, 2.05) is 0 Å². The van der Waals surface area contributed by atoms with E-state index in [9.17, 15) is 14.6 Å². The molecule has 0 aliphatic heterocycles. The monoisotopic (exact) mass is 246 g/mol. The van der Waals surface area contributed by atoms with E-state index in [0.29, 0.717) is 17.7 Å². The first-order chi connectivity index (χ1) is 7.60. The standard InChI is InChI=1S/C11H15FO3S/c12-9-5-7(1-2-8(9)6-13)11(15)10(14)3-4-16/h1-2,5,10-11,13-16H,3-4,6H2. The highest BCUT2D eigenvalue weighted by Crippen LogP contribution is 2.21. The molecule has 0 aromatic heterocycles. The lowest BCUT2D eigenvalue weighted by molar-refractivity contribution is 0.0170. The van der Waals surface area contributed by atoms with Crippen molar-refractivity contribution in [3.63, 3.8) is 0 Å². The minimum Gasteiger partial charge on any atom is -0.392 e. The summed E-state index contributed by atoms with van der Waals surface area (Å²) in [5.41, 5.74) is 0.462. The lowest BCUT2D eigenvalue weighted by atomic mass is 10.0. The number of aliphatic hydroxyl groups is 3. The molecule has 0 saturated carbocycles. The Morgan fingerprint density at radius 1 is 1.31 bits per heavy atom. The van der Waals surface area contributed by atoms with Crippen molar-refractivity contribution in [3.05, 3.63) is 35.1 Å². The van der Waals surface area contributed by atoms with Crippen LogP contribution in [0.5, 0.6) is 0 Å². The van der Waals surface area contributed by atoms with Crippen molar-refractivity contribution in [2.24, 2.45) is 0 Å². The maximum Gasteiger partial charge on any atom is 0.129 e. The van der Waals surface area contributed by atoms with Crippen molar-refractivity contribution < 1.29 is 19.7 Å². The van der Waals surface area contributed by atoms with Crippen LogP contribution in [0.3, 0.4) is 0 Å². The number of hydrogen-bond acceptors (Lipinski definition) is 4. The first-order valence-corrected chi connectivity index (χ1v) is 5.59. The van der Waals surface area contributed by atoms with Crippen molar-refractivity contribution in [2.45, 2.75) is 25.2 Å². The number of halogens is 1. The van der Waals surface area contributed by atoms with Crippen LogP contribution < -0.4 is 0 Å². The third-order valence-electron chi connectivity index (χ3n) is 2.38. The summed E-state index contributed by atoms with van der Waals surface area (Å²) in [6.07, 6.45) is -1.76. The number of hydrogen-bond donors (Lipinski definition) is 4. The summed E-state index contributed by atoms with van der Waals surface area (Å²) in [6, 6.07) is 4.00. The minimum atomic E-state index is -1.13. The van der Waals surface area contributed by atoms with Gasteiger partial charge in [0.2, 0.25) is 0 Å². The molecular weight excluding hydrogens is 231 g/mol. The van der Waals surface area contributed by atoms with Gasteiger partial charge in [-0.25, -0.2) is 4.39 Å². The molecule has 3 nitrogen and oxygen atoms in total. The quantitative estimate of drug-likeness (QED) is 0.587. The molecular formula is C11H15FO3S. The summed E-state index contributed by atoms with van der Waals surface area (Å²) < 4.78 is 13.3. The normalized spacial score (nSPS) is 14.8. The van der Waals surface area contributed by atoms with E-state index >= 15 is 0 Å². The van der Waals surface area contributed by atoms with Gasteiger partial charge >= 0.3 is 0 Å². The van der Waals surface area contributed by atoms with Crippen LogP contribution in [0.2, 0.25) is 0 Å². The first kappa shape index (κ1) is 13.4. The Labute approximate surface area is 99.0 Å². The molecule has 2 atom stereocenters. The number of rotatable bonds is 5. The van der Waals surface area contributed by atoms with Crippen LogP contribution >= 0.6 is 12.6 Å². The molecule has 1 rings (SSSR count). The average Bonchev–Trinajstić information content (AvgIpc) is 2.28. The van der Waals surface area contributed by atoms with E-state index in [1.54, 1.807) is 0 Å². The van der Waals surface area contributed by atoms with Gasteiger partial charge in [0.05, 0.1) is 12.7 Å². The van der Waals surface area contributed by atoms with E-state index in [-0.39, 0.29) is 12.2 Å². The maximum absolute atomic E-state index is 13.3. The second-order valence-electron chi connectivity index (χ2n) is 3.53. The Kier molecular flexibility index (Phi) is 5.21. The third kappa shape index (κ3) is 3.18. The molecule has 3 N–H and O–H groups in total. The molecule has 1 aromatic rings. The molecule has 0 amide bonds. The molecule has 0 radical (unpaired) electrons. The molecule has 0 heterocycles. The molecule has 0 saturated heterocycles. The van der Waals surface area contributed by atoms with E-state index in [4.69, 9.17) is 5.11 Å².